The van der Waals surface area contributed by atoms with Crippen LogP contribution in [-0.4, -0.2) is 6.04 Å². The first-order valence-electron chi connectivity index (χ1n) is 12.0. The van der Waals surface area contributed by atoms with Gasteiger partial charge in [0, 0.05) is 17.3 Å². The number of hydrogen-bond donors (Lipinski definition) is 0. The Morgan fingerprint density at radius 1 is 0.528 bits per heavy atom. The average Bonchev–Trinajstić information content (AvgIpc) is 2.95. The molecule has 0 N–H and O–H groups in total. The summed E-state index contributed by atoms with van der Waals surface area (Å²) in [5, 5.41) is 0. The van der Waals surface area contributed by atoms with Crippen LogP contribution in [0.2, 0.25) is 0 Å². The molecule has 5 aromatic rings. The van der Waals surface area contributed by atoms with Gasteiger partial charge in [-0.25, -0.2) is 0 Å². The van der Waals surface area contributed by atoms with Gasteiger partial charge in [-0.05, 0) is 41.0 Å². The Labute approximate surface area is 211 Å². The normalized spacial score (nSPS) is 12.6. The molecule has 0 bridgehead atoms. The number of carbonyl (C=O) groups is 1. The standard InChI is InChI=1S/C33H26FNO/c34-32(36)33(28-20-10-3-11-21-28,31(26-16-6-1-7-17-26)27-18-8-2-9-19-27)35(29-22-12-4-13-23-29)30-24-14-5-15-25-30/h1-25,31H/t33-/m0/s1. The molecule has 0 heterocycles. The third-order valence-electron chi connectivity index (χ3n) is 6.58. The molecule has 0 unspecified atom stereocenters. The first-order chi connectivity index (χ1) is 17.7. The van der Waals surface area contributed by atoms with Gasteiger partial charge in [0.1, 0.15) is 0 Å². The third kappa shape index (κ3) is 4.20. The summed E-state index contributed by atoms with van der Waals surface area (Å²) in [6.07, 6.45) is 0. The lowest BCUT2D eigenvalue weighted by molar-refractivity contribution is -0.136. The van der Waals surface area contributed by atoms with E-state index in [-0.39, 0.29) is 0 Å². The van der Waals surface area contributed by atoms with Crippen molar-refractivity contribution in [3.8, 4) is 0 Å². The van der Waals surface area contributed by atoms with Crippen molar-refractivity contribution in [3.05, 3.63) is 168 Å². The quantitative estimate of drug-likeness (QED) is 0.213. The number of rotatable bonds is 8. The fourth-order valence-electron chi connectivity index (χ4n) is 5.11. The molecular weight excluding hydrogens is 445 g/mol. The molecule has 0 aliphatic heterocycles. The van der Waals surface area contributed by atoms with Gasteiger partial charge < -0.3 is 4.90 Å². The zero-order valence-electron chi connectivity index (χ0n) is 19.7. The van der Waals surface area contributed by atoms with Crippen LogP contribution in [0.1, 0.15) is 22.6 Å². The molecular formula is C33H26FNO. The maximum Gasteiger partial charge on any atom is 0.332 e. The van der Waals surface area contributed by atoms with Crippen LogP contribution in [-0.2, 0) is 10.3 Å². The number of anilines is 2. The SMILES string of the molecule is O=C(F)[C@](c1ccccc1)(C(c1ccccc1)c1ccccc1)N(c1ccccc1)c1ccccc1. The molecule has 176 valence electrons. The van der Waals surface area contributed by atoms with Gasteiger partial charge in [0.15, 0.2) is 5.54 Å². The van der Waals surface area contributed by atoms with E-state index in [9.17, 15) is 4.79 Å². The van der Waals surface area contributed by atoms with Crippen molar-refractivity contribution in [1.29, 1.82) is 0 Å². The molecule has 0 spiro atoms. The van der Waals surface area contributed by atoms with Crippen LogP contribution in [0.25, 0.3) is 0 Å². The molecule has 0 radical (unpaired) electrons. The lowest BCUT2D eigenvalue weighted by Gasteiger charge is -2.47. The summed E-state index contributed by atoms with van der Waals surface area (Å²) in [5.74, 6) is -0.653. The van der Waals surface area contributed by atoms with Crippen molar-refractivity contribution < 1.29 is 9.18 Å². The Morgan fingerprint density at radius 2 is 0.861 bits per heavy atom. The predicted molar refractivity (Wildman–Crippen MR) is 144 cm³/mol. The number of halogens is 1. The van der Waals surface area contributed by atoms with E-state index in [0.717, 1.165) is 22.5 Å². The largest absolute Gasteiger partial charge is 0.332 e. The Morgan fingerprint density at radius 3 is 1.22 bits per heavy atom. The van der Waals surface area contributed by atoms with Gasteiger partial charge >= 0.3 is 6.04 Å². The second kappa shape index (κ2) is 10.4. The van der Waals surface area contributed by atoms with E-state index in [0.29, 0.717) is 5.56 Å². The maximum atomic E-state index is 16.3. The van der Waals surface area contributed by atoms with E-state index in [1.807, 2.05) is 157 Å². The lowest BCUT2D eigenvalue weighted by atomic mass is 9.69. The molecule has 5 aromatic carbocycles. The highest BCUT2D eigenvalue weighted by molar-refractivity contribution is 5.92. The molecule has 5 rings (SSSR count). The molecule has 2 nitrogen and oxygen atoms in total. The zero-order valence-corrected chi connectivity index (χ0v) is 19.7. The van der Waals surface area contributed by atoms with Crippen LogP contribution in [0.5, 0.6) is 0 Å². The molecule has 0 fully saturated rings. The highest BCUT2D eigenvalue weighted by atomic mass is 19.1. The van der Waals surface area contributed by atoms with Crippen LogP contribution in [0, 0.1) is 0 Å². The van der Waals surface area contributed by atoms with E-state index in [4.69, 9.17) is 0 Å². The van der Waals surface area contributed by atoms with Gasteiger partial charge in [0.25, 0.3) is 0 Å². The first-order valence-corrected chi connectivity index (χ1v) is 12.0. The summed E-state index contributed by atoms with van der Waals surface area (Å²) >= 11 is 0. The summed E-state index contributed by atoms with van der Waals surface area (Å²) < 4.78 is 16.3. The fraction of sp³-hybridized carbons (Fsp3) is 0.0606. The van der Waals surface area contributed by atoms with E-state index >= 15 is 4.39 Å². The van der Waals surface area contributed by atoms with Crippen LogP contribution < -0.4 is 4.90 Å². The van der Waals surface area contributed by atoms with E-state index in [1.54, 1.807) is 0 Å². The Balaban J connectivity index is 1.94. The number of nitrogens with zero attached hydrogens (tertiary/aromatic N) is 1. The summed E-state index contributed by atoms with van der Waals surface area (Å²) in [6, 6.07) is 46.4. The number of benzene rings is 5. The van der Waals surface area contributed by atoms with Crippen molar-refractivity contribution >= 4 is 17.4 Å². The molecule has 3 heteroatoms. The minimum absolute atomic E-state index is 0.572. The second-order valence-corrected chi connectivity index (χ2v) is 8.67. The summed E-state index contributed by atoms with van der Waals surface area (Å²) in [4.78, 5) is 15.6. The molecule has 0 aliphatic rings. The monoisotopic (exact) mass is 471 g/mol. The second-order valence-electron chi connectivity index (χ2n) is 8.67. The molecule has 0 saturated carbocycles. The maximum absolute atomic E-state index is 16.3. The molecule has 1 atom stereocenters. The van der Waals surface area contributed by atoms with Gasteiger partial charge in [-0.2, -0.15) is 4.39 Å². The highest BCUT2D eigenvalue weighted by Crippen LogP contribution is 2.51. The topological polar surface area (TPSA) is 20.3 Å². The van der Waals surface area contributed by atoms with E-state index in [1.165, 1.54) is 0 Å². The van der Waals surface area contributed by atoms with Crippen molar-refractivity contribution in [2.75, 3.05) is 4.90 Å². The number of carbonyl (C=O) groups excluding carboxylic acids is 1. The fourth-order valence-corrected chi connectivity index (χ4v) is 5.11. The minimum atomic E-state index is -1.73. The van der Waals surface area contributed by atoms with Gasteiger partial charge in [0.05, 0.1) is 0 Å². The van der Waals surface area contributed by atoms with Gasteiger partial charge in [0.2, 0.25) is 0 Å². The summed E-state index contributed by atoms with van der Waals surface area (Å²) in [6.45, 7) is 0. The van der Waals surface area contributed by atoms with Crippen LogP contribution in [0.4, 0.5) is 15.8 Å². The van der Waals surface area contributed by atoms with Crippen LogP contribution in [0.3, 0.4) is 0 Å². The van der Waals surface area contributed by atoms with Gasteiger partial charge in [-0.1, -0.05) is 127 Å². The minimum Gasteiger partial charge on any atom is -0.321 e. The van der Waals surface area contributed by atoms with Crippen molar-refractivity contribution in [2.45, 2.75) is 11.5 Å². The highest BCUT2D eigenvalue weighted by Gasteiger charge is 2.54. The molecule has 0 aliphatic carbocycles. The smallest absolute Gasteiger partial charge is 0.321 e. The van der Waals surface area contributed by atoms with Crippen molar-refractivity contribution in [3.63, 3.8) is 0 Å². The van der Waals surface area contributed by atoms with Crippen molar-refractivity contribution in [2.24, 2.45) is 0 Å². The van der Waals surface area contributed by atoms with Crippen molar-refractivity contribution in [1.82, 2.24) is 0 Å². The average molecular weight is 472 g/mol. The summed E-state index contributed by atoms with van der Waals surface area (Å²) in [5.41, 5.74) is 1.96. The number of hydrogen-bond acceptors (Lipinski definition) is 2. The molecule has 0 saturated heterocycles. The van der Waals surface area contributed by atoms with Gasteiger partial charge in [-0.3, -0.25) is 4.79 Å². The van der Waals surface area contributed by atoms with E-state index in [2.05, 4.69) is 0 Å². The molecule has 36 heavy (non-hydrogen) atoms. The zero-order chi connectivity index (χ0) is 24.8. The first kappa shape index (κ1) is 23.3. The Kier molecular flexibility index (Phi) is 6.72. The summed E-state index contributed by atoms with van der Waals surface area (Å²) in [7, 11) is 0. The van der Waals surface area contributed by atoms with Crippen LogP contribution >= 0.6 is 0 Å². The number of para-hydroxylation sites is 2. The Bertz CT molecular complexity index is 1230. The van der Waals surface area contributed by atoms with Gasteiger partial charge in [-0.15, -0.1) is 0 Å². The third-order valence-corrected chi connectivity index (χ3v) is 6.58. The molecule has 0 aromatic heterocycles. The lowest BCUT2D eigenvalue weighted by Crippen LogP contribution is -2.53. The Hall–Kier alpha value is -4.50. The van der Waals surface area contributed by atoms with E-state index < -0.39 is 17.5 Å². The molecule has 0 amide bonds. The predicted octanol–water partition coefficient (Wildman–Crippen LogP) is 8.05. The van der Waals surface area contributed by atoms with Crippen LogP contribution in [0.15, 0.2) is 152 Å².